The van der Waals surface area contributed by atoms with Gasteiger partial charge in [0.15, 0.2) is 10.4 Å². The largest absolute Gasteiger partial charge is 0.481 e. The highest BCUT2D eigenvalue weighted by Gasteiger charge is 2.28. The molecule has 2 unspecified atom stereocenters. The second kappa shape index (κ2) is 6.79. The third-order valence-corrected chi connectivity index (χ3v) is 3.82. The van der Waals surface area contributed by atoms with E-state index >= 15 is 0 Å². The van der Waals surface area contributed by atoms with Crippen LogP contribution >= 0.6 is 15.9 Å². The summed E-state index contributed by atoms with van der Waals surface area (Å²) in [5.74, 6) is -2.02. The molecule has 0 spiro atoms. The first-order chi connectivity index (χ1) is 10.4. The second-order valence-corrected chi connectivity index (χ2v) is 5.83. The molecule has 1 aromatic carbocycles. The van der Waals surface area contributed by atoms with E-state index in [9.17, 15) is 14.7 Å². The van der Waals surface area contributed by atoms with Crippen LogP contribution in [-0.2, 0) is 4.79 Å². The van der Waals surface area contributed by atoms with Gasteiger partial charge in [0.25, 0.3) is 5.91 Å². The normalized spacial score (nSPS) is 13.4. The molecule has 0 fully saturated rings. The van der Waals surface area contributed by atoms with Crippen LogP contribution in [0.2, 0.25) is 0 Å². The maximum absolute atomic E-state index is 12.4. The number of amides is 1. The summed E-state index contributed by atoms with van der Waals surface area (Å²) >= 11 is 3.17. The topological polar surface area (TPSA) is 79.5 Å². The number of halogens is 1. The number of nitrogens with one attached hydrogen (secondary N) is 1. The minimum Gasteiger partial charge on any atom is -0.481 e. The second-order valence-electron chi connectivity index (χ2n) is 5.05. The molecule has 1 heterocycles. The number of carboxylic acids is 1. The first-order valence-electron chi connectivity index (χ1n) is 6.74. The maximum Gasteiger partial charge on any atom is 0.308 e. The summed E-state index contributed by atoms with van der Waals surface area (Å²) in [6.45, 7) is 3.31. The number of hydrogen-bond acceptors (Lipinski definition) is 3. The summed E-state index contributed by atoms with van der Waals surface area (Å²) in [7, 11) is 0. The van der Waals surface area contributed by atoms with Gasteiger partial charge in [-0.3, -0.25) is 9.59 Å². The standard InChI is InChI=1S/C16H16BrNO4/c1-9-8-12(17)22-14(9)15(19)18-13(10(2)16(20)21)11-6-4-3-5-7-11/h3-8,10,13H,1-2H3,(H,18,19)(H,20,21). The van der Waals surface area contributed by atoms with Crippen molar-refractivity contribution in [1.82, 2.24) is 5.32 Å². The number of carbonyl (C=O) groups excluding carboxylic acids is 1. The van der Waals surface area contributed by atoms with Gasteiger partial charge in [-0.25, -0.2) is 0 Å². The van der Waals surface area contributed by atoms with Crippen LogP contribution in [0.3, 0.4) is 0 Å². The van der Waals surface area contributed by atoms with Crippen molar-refractivity contribution in [3.63, 3.8) is 0 Å². The van der Waals surface area contributed by atoms with Crippen LogP contribution in [0.25, 0.3) is 0 Å². The van der Waals surface area contributed by atoms with Crippen LogP contribution in [0, 0.1) is 12.8 Å². The lowest BCUT2D eigenvalue weighted by Crippen LogP contribution is -2.35. The highest BCUT2D eigenvalue weighted by atomic mass is 79.9. The van der Waals surface area contributed by atoms with Crippen molar-refractivity contribution < 1.29 is 19.1 Å². The van der Waals surface area contributed by atoms with Gasteiger partial charge in [0.2, 0.25) is 0 Å². The molecule has 0 saturated carbocycles. The van der Waals surface area contributed by atoms with Crippen LogP contribution < -0.4 is 5.32 Å². The Morgan fingerprint density at radius 3 is 2.41 bits per heavy atom. The first-order valence-corrected chi connectivity index (χ1v) is 7.54. The average Bonchev–Trinajstić information content (AvgIpc) is 2.83. The molecule has 2 N–H and O–H groups in total. The van der Waals surface area contributed by atoms with Gasteiger partial charge in [-0.05, 0) is 41.4 Å². The number of rotatable bonds is 5. The molecule has 5 nitrogen and oxygen atoms in total. The van der Waals surface area contributed by atoms with E-state index in [-0.39, 0.29) is 5.76 Å². The summed E-state index contributed by atoms with van der Waals surface area (Å²) in [5.41, 5.74) is 1.41. The van der Waals surface area contributed by atoms with E-state index in [0.29, 0.717) is 10.2 Å². The van der Waals surface area contributed by atoms with E-state index in [1.165, 1.54) is 0 Å². The Kier molecular flexibility index (Phi) is 5.03. The lowest BCUT2D eigenvalue weighted by molar-refractivity contribution is -0.142. The SMILES string of the molecule is Cc1cc(Br)oc1C(=O)NC(c1ccccc1)C(C)C(=O)O. The first kappa shape index (κ1) is 16.3. The average molecular weight is 366 g/mol. The molecule has 0 aliphatic rings. The monoisotopic (exact) mass is 365 g/mol. The number of aliphatic carboxylic acids is 1. The smallest absolute Gasteiger partial charge is 0.308 e. The third-order valence-electron chi connectivity index (χ3n) is 3.43. The molecule has 2 rings (SSSR count). The zero-order valence-corrected chi connectivity index (χ0v) is 13.8. The van der Waals surface area contributed by atoms with Gasteiger partial charge < -0.3 is 14.8 Å². The molecule has 1 aromatic heterocycles. The molecule has 0 aliphatic carbocycles. The molecular formula is C16H16BrNO4. The highest BCUT2D eigenvalue weighted by molar-refractivity contribution is 9.10. The van der Waals surface area contributed by atoms with Gasteiger partial charge in [0.1, 0.15) is 0 Å². The maximum atomic E-state index is 12.4. The van der Waals surface area contributed by atoms with Crippen molar-refractivity contribution in [2.75, 3.05) is 0 Å². The predicted octanol–water partition coefficient (Wildman–Crippen LogP) is 3.54. The summed E-state index contributed by atoms with van der Waals surface area (Å²) < 4.78 is 5.77. The van der Waals surface area contributed by atoms with Gasteiger partial charge >= 0.3 is 5.97 Å². The lowest BCUT2D eigenvalue weighted by atomic mass is 9.94. The Balaban J connectivity index is 2.29. The van der Waals surface area contributed by atoms with Crippen molar-refractivity contribution >= 4 is 27.8 Å². The van der Waals surface area contributed by atoms with Crippen LogP contribution in [-0.4, -0.2) is 17.0 Å². The van der Waals surface area contributed by atoms with Crippen LogP contribution in [0.1, 0.15) is 34.6 Å². The molecule has 2 atom stereocenters. The van der Waals surface area contributed by atoms with Crippen molar-refractivity contribution in [2.45, 2.75) is 19.9 Å². The molecule has 0 aliphatic heterocycles. The lowest BCUT2D eigenvalue weighted by Gasteiger charge is -2.22. The van der Waals surface area contributed by atoms with Crippen LogP contribution in [0.5, 0.6) is 0 Å². The molecule has 0 saturated heterocycles. The summed E-state index contributed by atoms with van der Waals surface area (Å²) in [5, 5.41) is 12.0. The number of benzene rings is 1. The number of carbonyl (C=O) groups is 2. The van der Waals surface area contributed by atoms with E-state index < -0.39 is 23.8 Å². The summed E-state index contributed by atoms with van der Waals surface area (Å²) in [6.07, 6.45) is 0. The van der Waals surface area contributed by atoms with Gasteiger partial charge in [0.05, 0.1) is 12.0 Å². The zero-order valence-electron chi connectivity index (χ0n) is 12.2. The van der Waals surface area contributed by atoms with E-state index in [2.05, 4.69) is 21.2 Å². The Morgan fingerprint density at radius 1 is 1.27 bits per heavy atom. The van der Waals surface area contributed by atoms with Gasteiger partial charge in [0, 0.05) is 5.56 Å². The number of hydrogen-bond donors (Lipinski definition) is 2. The van der Waals surface area contributed by atoms with Crippen molar-refractivity contribution in [3.05, 3.63) is 58.0 Å². The van der Waals surface area contributed by atoms with E-state index in [4.69, 9.17) is 4.42 Å². The molecule has 2 aromatic rings. The van der Waals surface area contributed by atoms with Crippen molar-refractivity contribution in [3.8, 4) is 0 Å². The summed E-state index contributed by atoms with van der Waals surface area (Å²) in [4.78, 5) is 23.7. The Hall–Kier alpha value is -2.08. The Morgan fingerprint density at radius 2 is 1.91 bits per heavy atom. The fourth-order valence-electron chi connectivity index (χ4n) is 2.18. The molecular weight excluding hydrogens is 350 g/mol. The van der Waals surface area contributed by atoms with Crippen LogP contribution in [0.4, 0.5) is 0 Å². The van der Waals surface area contributed by atoms with E-state index in [1.807, 2.05) is 6.07 Å². The van der Waals surface area contributed by atoms with E-state index in [1.54, 1.807) is 44.2 Å². The molecule has 0 radical (unpaired) electrons. The predicted molar refractivity (Wildman–Crippen MR) is 84.6 cm³/mol. The third kappa shape index (κ3) is 3.57. The minimum atomic E-state index is -0.980. The molecule has 6 heteroatoms. The van der Waals surface area contributed by atoms with Gasteiger partial charge in [-0.15, -0.1) is 0 Å². The highest BCUT2D eigenvalue weighted by Crippen LogP contribution is 2.25. The molecule has 22 heavy (non-hydrogen) atoms. The molecule has 0 bridgehead atoms. The quantitative estimate of drug-likeness (QED) is 0.848. The van der Waals surface area contributed by atoms with E-state index in [0.717, 1.165) is 5.56 Å². The number of aryl methyl sites for hydroxylation is 1. The fraction of sp³-hybridized carbons (Fsp3) is 0.250. The number of carboxylic acid groups (broad SMARTS) is 1. The minimum absolute atomic E-state index is 0.172. The number of furan rings is 1. The van der Waals surface area contributed by atoms with Crippen LogP contribution in [0.15, 0.2) is 45.5 Å². The van der Waals surface area contributed by atoms with Gasteiger partial charge in [-0.1, -0.05) is 30.3 Å². The summed E-state index contributed by atoms with van der Waals surface area (Å²) in [6, 6.07) is 10.1. The molecule has 116 valence electrons. The van der Waals surface area contributed by atoms with Crippen molar-refractivity contribution in [2.24, 2.45) is 5.92 Å². The Labute approximate surface area is 136 Å². The fourth-order valence-corrected chi connectivity index (χ4v) is 2.68. The molecule has 1 amide bonds. The zero-order chi connectivity index (χ0) is 16.3. The van der Waals surface area contributed by atoms with Crippen molar-refractivity contribution in [1.29, 1.82) is 0 Å². The van der Waals surface area contributed by atoms with Gasteiger partial charge in [-0.2, -0.15) is 0 Å². The Bertz CT molecular complexity index is 681.